The van der Waals surface area contributed by atoms with Crippen LogP contribution in [0.1, 0.15) is 47.0 Å². The summed E-state index contributed by atoms with van der Waals surface area (Å²) in [6.07, 6.45) is 2.91. The van der Waals surface area contributed by atoms with Gasteiger partial charge in [-0.25, -0.2) is 0 Å². The molecule has 5 aliphatic heterocycles. The molecule has 2 saturated carbocycles. The maximum atomic E-state index is 12.2. The molecule has 2 spiro atoms. The van der Waals surface area contributed by atoms with Gasteiger partial charge in [0.2, 0.25) is 0 Å². The fourth-order valence-corrected chi connectivity index (χ4v) is 8.85. The molecule has 5 heterocycles. The predicted octanol–water partition coefficient (Wildman–Crippen LogP) is 2.08. The van der Waals surface area contributed by atoms with Gasteiger partial charge < -0.3 is 23.7 Å². The molecule has 7 rings (SSSR count). The van der Waals surface area contributed by atoms with Crippen molar-refractivity contribution in [3.63, 3.8) is 0 Å². The summed E-state index contributed by atoms with van der Waals surface area (Å²) in [5, 5.41) is 0. The van der Waals surface area contributed by atoms with Crippen LogP contribution in [0.2, 0.25) is 0 Å². The number of epoxide rings is 3. The molecule has 0 N–H and O–H groups in total. The van der Waals surface area contributed by atoms with Crippen LogP contribution in [0.25, 0.3) is 0 Å². The van der Waals surface area contributed by atoms with Gasteiger partial charge in [0.1, 0.15) is 29.0 Å². The van der Waals surface area contributed by atoms with E-state index < -0.39 is 11.2 Å². The average Bonchev–Trinajstić information content (AvgIpc) is 3.55. The van der Waals surface area contributed by atoms with E-state index in [1.807, 2.05) is 0 Å². The van der Waals surface area contributed by atoms with E-state index in [4.69, 9.17) is 23.7 Å². The van der Waals surface area contributed by atoms with Crippen molar-refractivity contribution in [3.05, 3.63) is 0 Å². The van der Waals surface area contributed by atoms with Crippen molar-refractivity contribution >= 4 is 5.97 Å². The smallest absolute Gasteiger partial charge is 0.309 e. The van der Waals surface area contributed by atoms with Gasteiger partial charge in [-0.2, -0.15) is 0 Å². The SMILES string of the molecule is CC[C@]12OCC3C4COC(=O)C4CC[C@]3(C)[C@@]13O[C@H]3[C@@H]1O[C@]1(C(C)C)[C@@]21CO1. The highest BCUT2D eigenvalue weighted by atomic mass is 16.8. The standard InChI is InChI=1S/C22H30O6/c1-5-19-20(10-26-20)21(11(2)3)15(27-21)16-22(19,28-16)18(4)7-6-12-13(8-24-17(12)23)14(18)9-25-19/h11-16H,5-10H2,1-4H3/t12?,13?,14?,15-,16-,18-,19+,20+,21-,22+/m0/s1. The molecule has 2 aliphatic carbocycles. The number of esters is 1. The van der Waals surface area contributed by atoms with E-state index in [1.54, 1.807) is 0 Å². The van der Waals surface area contributed by atoms with E-state index in [0.717, 1.165) is 19.3 Å². The molecule has 0 amide bonds. The first kappa shape index (κ1) is 17.0. The molecule has 0 bridgehead atoms. The normalized spacial score (nSPS) is 65.0. The van der Waals surface area contributed by atoms with Crippen LogP contribution >= 0.6 is 0 Å². The van der Waals surface area contributed by atoms with E-state index in [9.17, 15) is 4.79 Å². The zero-order valence-corrected chi connectivity index (χ0v) is 17.2. The first-order valence-corrected chi connectivity index (χ1v) is 11.2. The lowest BCUT2D eigenvalue weighted by atomic mass is 9.44. The van der Waals surface area contributed by atoms with Crippen molar-refractivity contribution in [2.45, 2.75) is 81.6 Å². The summed E-state index contributed by atoms with van der Waals surface area (Å²) in [5.41, 5.74) is -1.56. The van der Waals surface area contributed by atoms with Gasteiger partial charge in [0, 0.05) is 11.3 Å². The second-order valence-corrected chi connectivity index (χ2v) is 10.8. The lowest BCUT2D eigenvalue weighted by Gasteiger charge is -2.62. The van der Waals surface area contributed by atoms with Crippen molar-refractivity contribution in [1.29, 1.82) is 0 Å². The van der Waals surface area contributed by atoms with Gasteiger partial charge in [-0.1, -0.05) is 27.7 Å². The first-order valence-electron chi connectivity index (χ1n) is 11.2. The number of carbonyl (C=O) groups excluding carboxylic acids is 1. The van der Waals surface area contributed by atoms with E-state index >= 15 is 0 Å². The van der Waals surface area contributed by atoms with Crippen molar-refractivity contribution in [3.8, 4) is 0 Å². The second kappa shape index (κ2) is 4.48. The molecule has 0 radical (unpaired) electrons. The van der Waals surface area contributed by atoms with Crippen LogP contribution in [0.4, 0.5) is 0 Å². The molecule has 5 saturated heterocycles. The summed E-state index contributed by atoms with van der Waals surface area (Å²) in [6.45, 7) is 11.0. The Balaban J connectivity index is 1.38. The number of carbonyl (C=O) groups is 1. The Bertz CT molecular complexity index is 792. The van der Waals surface area contributed by atoms with Crippen LogP contribution in [0.15, 0.2) is 0 Å². The molecular formula is C22H30O6. The van der Waals surface area contributed by atoms with Crippen LogP contribution in [0.3, 0.4) is 0 Å². The highest BCUT2D eigenvalue weighted by Gasteiger charge is 3.01. The summed E-state index contributed by atoms with van der Waals surface area (Å²) in [5.74, 6) is 0.902. The minimum Gasteiger partial charge on any atom is -0.465 e. The zero-order chi connectivity index (χ0) is 19.3. The highest BCUT2D eigenvalue weighted by molar-refractivity contribution is 5.75. The molecule has 0 aromatic heterocycles. The molecule has 10 atom stereocenters. The third kappa shape index (κ3) is 1.32. The Hall–Kier alpha value is -0.690. The van der Waals surface area contributed by atoms with Crippen molar-refractivity contribution in [2.24, 2.45) is 29.1 Å². The summed E-state index contributed by atoms with van der Waals surface area (Å²) >= 11 is 0. The molecule has 7 fully saturated rings. The molecule has 3 unspecified atom stereocenters. The fraction of sp³-hybridized carbons (Fsp3) is 0.955. The molecule has 0 aromatic rings. The highest BCUT2D eigenvalue weighted by Crippen LogP contribution is 2.83. The Morgan fingerprint density at radius 1 is 1.14 bits per heavy atom. The van der Waals surface area contributed by atoms with Crippen molar-refractivity contribution < 1.29 is 28.5 Å². The maximum Gasteiger partial charge on any atom is 0.309 e. The molecule has 0 aromatic carbocycles. The van der Waals surface area contributed by atoms with Crippen LogP contribution < -0.4 is 0 Å². The van der Waals surface area contributed by atoms with Crippen LogP contribution in [-0.2, 0) is 28.5 Å². The number of ether oxygens (including phenoxy) is 5. The quantitative estimate of drug-likeness (QED) is 0.531. The minimum atomic E-state index is -0.469. The summed E-state index contributed by atoms with van der Waals surface area (Å²) in [7, 11) is 0. The molecule has 6 nitrogen and oxygen atoms in total. The van der Waals surface area contributed by atoms with Gasteiger partial charge in [0.05, 0.1) is 25.7 Å². The van der Waals surface area contributed by atoms with Gasteiger partial charge in [-0.15, -0.1) is 0 Å². The minimum absolute atomic E-state index is 0.0138. The molecule has 7 aliphatic rings. The lowest BCUT2D eigenvalue weighted by molar-refractivity contribution is -0.270. The van der Waals surface area contributed by atoms with Gasteiger partial charge in [-0.3, -0.25) is 4.79 Å². The zero-order valence-electron chi connectivity index (χ0n) is 17.2. The monoisotopic (exact) mass is 390 g/mol. The Kier molecular flexibility index (Phi) is 2.73. The molecule has 6 heteroatoms. The first-order chi connectivity index (χ1) is 13.4. The lowest BCUT2D eigenvalue weighted by Crippen LogP contribution is -2.77. The van der Waals surface area contributed by atoms with Gasteiger partial charge >= 0.3 is 5.97 Å². The Morgan fingerprint density at radius 2 is 1.93 bits per heavy atom. The predicted molar refractivity (Wildman–Crippen MR) is 96.5 cm³/mol. The summed E-state index contributed by atoms with van der Waals surface area (Å²) < 4.78 is 32.0. The van der Waals surface area contributed by atoms with E-state index in [0.29, 0.717) is 25.7 Å². The number of rotatable bonds is 2. The van der Waals surface area contributed by atoms with Gasteiger partial charge in [0.15, 0.2) is 5.60 Å². The van der Waals surface area contributed by atoms with Gasteiger partial charge in [0.25, 0.3) is 0 Å². The van der Waals surface area contributed by atoms with E-state index in [-0.39, 0.29) is 52.5 Å². The van der Waals surface area contributed by atoms with Crippen LogP contribution in [-0.4, -0.2) is 60.4 Å². The molecule has 154 valence electrons. The Morgan fingerprint density at radius 3 is 2.61 bits per heavy atom. The van der Waals surface area contributed by atoms with E-state index in [2.05, 4.69) is 27.7 Å². The number of fused-ring (bicyclic) bond motifs is 7. The number of hydrogen-bond donors (Lipinski definition) is 0. The number of cyclic esters (lactones) is 1. The number of hydrogen-bond acceptors (Lipinski definition) is 6. The van der Waals surface area contributed by atoms with E-state index in [1.165, 1.54) is 0 Å². The topological polar surface area (TPSA) is 73.1 Å². The average molecular weight is 390 g/mol. The summed E-state index contributed by atoms with van der Waals surface area (Å²) in [4.78, 5) is 12.2. The van der Waals surface area contributed by atoms with Crippen LogP contribution in [0.5, 0.6) is 0 Å². The largest absolute Gasteiger partial charge is 0.465 e. The second-order valence-electron chi connectivity index (χ2n) is 10.8. The molecule has 28 heavy (non-hydrogen) atoms. The third-order valence-electron chi connectivity index (χ3n) is 10.2. The van der Waals surface area contributed by atoms with Crippen molar-refractivity contribution in [2.75, 3.05) is 19.8 Å². The van der Waals surface area contributed by atoms with Gasteiger partial charge in [-0.05, 0) is 31.1 Å². The fourth-order valence-electron chi connectivity index (χ4n) is 8.85. The summed E-state index contributed by atoms with van der Waals surface area (Å²) in [6, 6.07) is 0. The molecular weight excluding hydrogens is 360 g/mol. The Labute approximate surface area is 165 Å². The van der Waals surface area contributed by atoms with Crippen LogP contribution in [0, 0.1) is 29.1 Å². The maximum absolute atomic E-state index is 12.2. The third-order valence-corrected chi connectivity index (χ3v) is 10.2. The van der Waals surface area contributed by atoms with Crippen molar-refractivity contribution in [1.82, 2.24) is 0 Å².